The van der Waals surface area contributed by atoms with Gasteiger partial charge in [0.15, 0.2) is 0 Å². The third-order valence-corrected chi connectivity index (χ3v) is 12.3. The Labute approximate surface area is 340 Å². The predicted octanol–water partition coefficient (Wildman–Crippen LogP) is 4.73. The van der Waals surface area contributed by atoms with Crippen LogP contribution in [0.3, 0.4) is 0 Å². The van der Waals surface area contributed by atoms with E-state index in [0.29, 0.717) is 47.4 Å². The molecule has 3 saturated heterocycles. The number of piperidine rings is 2. The molecular weight excluding hydrogens is 751 g/mol. The van der Waals surface area contributed by atoms with Crippen molar-refractivity contribution in [3.63, 3.8) is 0 Å². The van der Waals surface area contributed by atoms with Crippen LogP contribution in [0.25, 0.3) is 22.2 Å². The molecule has 15 heteroatoms. The second-order valence-electron chi connectivity index (χ2n) is 16.3. The Bertz CT molecular complexity index is 2450. The van der Waals surface area contributed by atoms with Gasteiger partial charge in [0.25, 0.3) is 17.7 Å². The molecule has 3 aromatic carbocycles. The summed E-state index contributed by atoms with van der Waals surface area (Å²) in [6.07, 6.45) is 8.47. The summed E-state index contributed by atoms with van der Waals surface area (Å²) >= 11 is 0. The summed E-state index contributed by atoms with van der Waals surface area (Å²) in [5.41, 5.74) is 6.21. The molecule has 4 N–H and O–H groups in total. The minimum Gasteiger partial charge on any atom is -0.392 e. The highest BCUT2D eigenvalue weighted by Gasteiger charge is 2.46. The molecule has 6 heterocycles. The Hall–Kier alpha value is -6.19. The normalized spacial score (nSPS) is 21.4. The summed E-state index contributed by atoms with van der Waals surface area (Å²) in [5.74, 6) is -0.817. The van der Waals surface area contributed by atoms with Crippen LogP contribution in [-0.4, -0.2) is 102 Å². The molecule has 2 aromatic heterocycles. The number of H-pyrrole nitrogens is 1. The van der Waals surface area contributed by atoms with Crippen LogP contribution >= 0.6 is 0 Å². The van der Waals surface area contributed by atoms with Crippen LogP contribution in [0.15, 0.2) is 73.1 Å². The second kappa shape index (κ2) is 15.9. The van der Waals surface area contributed by atoms with Gasteiger partial charge in [-0.1, -0.05) is 18.2 Å². The van der Waals surface area contributed by atoms with Crippen molar-refractivity contribution < 1.29 is 29.1 Å². The average molecular weight is 798 g/mol. The molecule has 15 nitrogen and oxygen atoms in total. The highest BCUT2D eigenvalue weighted by Crippen LogP contribution is 2.36. The number of hydrogen-bond acceptors (Lipinski definition) is 10. The van der Waals surface area contributed by atoms with Crippen molar-refractivity contribution in [2.75, 3.05) is 29.9 Å². The smallest absolute Gasteiger partial charge is 0.264 e. The molecule has 3 atom stereocenters. The number of aryl methyl sites for hydroxylation is 1. The number of imide groups is 2. The lowest BCUT2D eigenvalue weighted by Crippen LogP contribution is -2.54. The third kappa shape index (κ3) is 7.75. The molecule has 4 aliphatic heterocycles. The number of fused-ring (bicyclic) bond motifs is 2. The zero-order valence-electron chi connectivity index (χ0n) is 32.9. The maximum atomic E-state index is 13.6. The molecule has 5 aromatic rings. The van der Waals surface area contributed by atoms with Crippen LogP contribution in [0, 0.1) is 5.92 Å². The highest BCUT2D eigenvalue weighted by molar-refractivity contribution is 6.25. The fourth-order valence-electron chi connectivity index (χ4n) is 9.11. The zero-order chi connectivity index (χ0) is 40.8. The van der Waals surface area contributed by atoms with Crippen molar-refractivity contribution >= 4 is 51.9 Å². The molecule has 9 rings (SSSR count). The monoisotopic (exact) mass is 797 g/mol. The third-order valence-electron chi connectivity index (χ3n) is 12.3. The number of aliphatic hydroxyl groups excluding tert-OH is 1. The van der Waals surface area contributed by atoms with Crippen molar-refractivity contribution in [2.45, 2.75) is 83.1 Å². The molecule has 0 bridgehead atoms. The zero-order valence-corrected chi connectivity index (χ0v) is 32.9. The van der Waals surface area contributed by atoms with Gasteiger partial charge in [0, 0.05) is 61.7 Å². The number of likely N-dealkylation sites (tertiary alicyclic amines) is 1. The van der Waals surface area contributed by atoms with E-state index < -0.39 is 29.7 Å². The Morgan fingerprint density at radius 2 is 1.78 bits per heavy atom. The average Bonchev–Trinajstić information content (AvgIpc) is 4.00. The molecule has 0 spiro atoms. The standard InChI is InChI=1S/C44H47N9O6/c1-26-20-32(54)24-51(26)25-38-47-34-12-11-31(21-35(34)48-38)46-41(56)29-9-7-28(8-10-29)30-22-45-52(23-30)17-3-4-27-15-18-50(19-16-27)36-6-2-5-33-40(36)44(59)53(43(33)58)37-13-14-39(55)49-42(37)57/h2,5-12,21-23,26-27,32,37,54H,3-4,13-20,24-25H2,1H3,(H,46,56)(H,47,48)(H,49,55,57)/t26-,32-,37?/m0/s1. The van der Waals surface area contributed by atoms with Crippen LogP contribution < -0.4 is 15.5 Å². The van der Waals surface area contributed by atoms with E-state index in [0.717, 1.165) is 90.3 Å². The Morgan fingerprint density at radius 1 is 0.966 bits per heavy atom. The molecule has 0 aliphatic carbocycles. The summed E-state index contributed by atoms with van der Waals surface area (Å²) in [5, 5.41) is 19.8. The number of benzene rings is 3. The Kier molecular flexibility index (Phi) is 10.3. The Balaban J connectivity index is 0.744. The number of aromatic amines is 1. The van der Waals surface area contributed by atoms with Gasteiger partial charge in [0.2, 0.25) is 11.8 Å². The van der Waals surface area contributed by atoms with E-state index in [-0.39, 0.29) is 24.9 Å². The summed E-state index contributed by atoms with van der Waals surface area (Å²) in [4.78, 5) is 77.7. The van der Waals surface area contributed by atoms with Gasteiger partial charge in [-0.3, -0.25) is 43.8 Å². The van der Waals surface area contributed by atoms with E-state index in [2.05, 4.69) is 37.4 Å². The van der Waals surface area contributed by atoms with Crippen molar-refractivity contribution in [1.82, 2.24) is 34.9 Å². The van der Waals surface area contributed by atoms with Gasteiger partial charge in [0.05, 0.1) is 46.7 Å². The lowest BCUT2D eigenvalue weighted by Gasteiger charge is -2.34. The fraction of sp³-hybridized carbons (Fsp3) is 0.386. The number of anilines is 2. The SMILES string of the molecule is C[C@H]1C[C@H](O)CN1Cc1nc2ccc(NC(=O)c3ccc(-c4cnn(CCCC5CCN(c6cccc7c6C(=O)N(C6CCC(=O)NC6=O)C7=O)CC5)c4)cc3)cc2[nH]1. The number of carbonyl (C=O) groups excluding carboxylic acids is 5. The van der Waals surface area contributed by atoms with Gasteiger partial charge in [-0.25, -0.2) is 4.98 Å². The van der Waals surface area contributed by atoms with Crippen molar-refractivity contribution in [1.29, 1.82) is 0 Å². The van der Waals surface area contributed by atoms with Crippen molar-refractivity contribution in [3.05, 3.63) is 95.6 Å². The first-order valence-corrected chi connectivity index (χ1v) is 20.5. The van der Waals surface area contributed by atoms with Crippen LogP contribution in [-0.2, 0) is 22.7 Å². The van der Waals surface area contributed by atoms with E-state index in [1.165, 1.54) is 0 Å². The lowest BCUT2D eigenvalue weighted by atomic mass is 9.91. The number of aliphatic hydroxyl groups is 1. The second-order valence-corrected chi connectivity index (χ2v) is 16.3. The van der Waals surface area contributed by atoms with Gasteiger partial charge >= 0.3 is 0 Å². The minimum atomic E-state index is -0.984. The first kappa shape index (κ1) is 38.3. The van der Waals surface area contributed by atoms with Crippen molar-refractivity contribution in [2.24, 2.45) is 5.92 Å². The topological polar surface area (TPSA) is 186 Å². The molecule has 5 amide bonds. The summed E-state index contributed by atoms with van der Waals surface area (Å²) in [7, 11) is 0. The number of nitrogens with one attached hydrogen (secondary N) is 3. The van der Waals surface area contributed by atoms with Gasteiger partial charge < -0.3 is 20.3 Å². The first-order chi connectivity index (χ1) is 28.6. The first-order valence-electron chi connectivity index (χ1n) is 20.5. The summed E-state index contributed by atoms with van der Waals surface area (Å²) in [6, 6.07) is 17.7. The predicted molar refractivity (Wildman–Crippen MR) is 219 cm³/mol. The largest absolute Gasteiger partial charge is 0.392 e. The van der Waals surface area contributed by atoms with E-state index in [1.807, 2.05) is 65.6 Å². The van der Waals surface area contributed by atoms with E-state index in [9.17, 15) is 29.1 Å². The number of imidazole rings is 1. The maximum Gasteiger partial charge on any atom is 0.264 e. The van der Waals surface area contributed by atoms with Crippen LogP contribution in [0.4, 0.5) is 11.4 Å². The molecule has 4 aliphatic rings. The van der Waals surface area contributed by atoms with Crippen LogP contribution in [0.1, 0.15) is 88.8 Å². The quantitative estimate of drug-likeness (QED) is 0.136. The van der Waals surface area contributed by atoms with Gasteiger partial charge in [-0.2, -0.15) is 5.10 Å². The molecule has 59 heavy (non-hydrogen) atoms. The fourth-order valence-corrected chi connectivity index (χ4v) is 9.11. The van der Waals surface area contributed by atoms with Gasteiger partial charge in [-0.15, -0.1) is 0 Å². The van der Waals surface area contributed by atoms with E-state index in [4.69, 9.17) is 4.98 Å². The summed E-state index contributed by atoms with van der Waals surface area (Å²) < 4.78 is 1.96. The summed E-state index contributed by atoms with van der Waals surface area (Å²) in [6.45, 7) is 5.68. The highest BCUT2D eigenvalue weighted by atomic mass is 16.3. The molecule has 1 unspecified atom stereocenters. The van der Waals surface area contributed by atoms with Crippen molar-refractivity contribution in [3.8, 4) is 11.1 Å². The van der Waals surface area contributed by atoms with Gasteiger partial charge in [0.1, 0.15) is 11.9 Å². The lowest BCUT2D eigenvalue weighted by molar-refractivity contribution is -0.136. The molecule has 304 valence electrons. The van der Waals surface area contributed by atoms with E-state index in [1.54, 1.807) is 12.1 Å². The number of aromatic nitrogens is 4. The van der Waals surface area contributed by atoms with Gasteiger partial charge in [-0.05, 0) is 99.4 Å². The number of nitrogens with zero attached hydrogens (tertiary/aromatic N) is 6. The maximum absolute atomic E-state index is 13.6. The molecule has 0 saturated carbocycles. The number of carbonyl (C=O) groups is 5. The minimum absolute atomic E-state index is 0.0866. The number of hydrogen-bond donors (Lipinski definition) is 4. The number of β-amino-alcohol motifs (C(OH)–C–C–N with tert-alkyl or cyclic N) is 1. The number of amides is 5. The Morgan fingerprint density at radius 3 is 2.54 bits per heavy atom. The molecular formula is C44H47N9O6. The molecule has 0 radical (unpaired) electrons. The number of rotatable bonds is 11. The van der Waals surface area contributed by atoms with Crippen LogP contribution in [0.5, 0.6) is 0 Å². The van der Waals surface area contributed by atoms with E-state index >= 15 is 0 Å². The molecule has 3 fully saturated rings. The van der Waals surface area contributed by atoms with Crippen LogP contribution in [0.2, 0.25) is 0 Å².